The van der Waals surface area contributed by atoms with Gasteiger partial charge in [0.05, 0.1) is 0 Å². The summed E-state index contributed by atoms with van der Waals surface area (Å²) in [7, 11) is 0. The van der Waals surface area contributed by atoms with E-state index in [1.807, 2.05) is 36.1 Å². The van der Waals surface area contributed by atoms with Crippen molar-refractivity contribution in [3.8, 4) is 0 Å². The van der Waals surface area contributed by atoms with Crippen molar-refractivity contribution in [3.63, 3.8) is 0 Å². The summed E-state index contributed by atoms with van der Waals surface area (Å²) in [6.45, 7) is 6.19. The molecule has 1 N–H and O–H groups in total. The highest BCUT2D eigenvalue weighted by Gasteiger charge is 2.24. The number of hydrogen-bond acceptors (Lipinski definition) is 2. The Balaban J connectivity index is 1.38. The number of hydrogen-bond donors (Lipinski definition) is 1. The number of benzene rings is 2. The fourth-order valence-electron chi connectivity index (χ4n) is 3.74. The van der Waals surface area contributed by atoms with Crippen LogP contribution in [0.15, 0.2) is 48.5 Å². The topological polar surface area (TPSA) is 49.4 Å². The molecule has 0 unspecified atom stereocenters. The Morgan fingerprint density at radius 2 is 1.68 bits per heavy atom. The summed E-state index contributed by atoms with van der Waals surface area (Å²) in [6, 6.07) is 16.0. The zero-order chi connectivity index (χ0) is 19.9. The quantitative estimate of drug-likeness (QED) is 0.817. The van der Waals surface area contributed by atoms with Gasteiger partial charge in [0.15, 0.2) is 0 Å². The van der Waals surface area contributed by atoms with Gasteiger partial charge in [-0.15, -0.1) is 0 Å². The number of amides is 2. The molecule has 0 saturated carbocycles. The minimum Gasteiger partial charge on any atom is -0.352 e. The Bertz CT molecular complexity index is 806. The highest BCUT2D eigenvalue weighted by Crippen LogP contribution is 2.23. The number of carbonyl (C=O) groups excluding carboxylic acids is 2. The zero-order valence-electron chi connectivity index (χ0n) is 16.9. The summed E-state index contributed by atoms with van der Waals surface area (Å²) in [5.74, 6) is 0.762. The molecule has 0 bridgehead atoms. The second-order valence-electron chi connectivity index (χ2n) is 7.85. The predicted octanol–water partition coefficient (Wildman–Crippen LogP) is 4.25. The first kappa shape index (κ1) is 20.1. The molecule has 4 nitrogen and oxygen atoms in total. The molecular formula is C24H30N2O2. The minimum absolute atomic E-state index is 0.110. The normalized spacial score (nSPS) is 14.7. The van der Waals surface area contributed by atoms with Gasteiger partial charge in [0.25, 0.3) is 5.91 Å². The molecule has 3 rings (SSSR count). The van der Waals surface area contributed by atoms with Gasteiger partial charge >= 0.3 is 0 Å². The van der Waals surface area contributed by atoms with Gasteiger partial charge in [-0.05, 0) is 56.2 Å². The van der Waals surface area contributed by atoms with Crippen LogP contribution in [0.1, 0.15) is 52.7 Å². The Morgan fingerprint density at radius 3 is 2.36 bits per heavy atom. The van der Waals surface area contributed by atoms with Crippen LogP contribution >= 0.6 is 0 Å². The number of rotatable bonds is 6. The second kappa shape index (κ2) is 9.54. The molecule has 1 heterocycles. The molecule has 0 aliphatic carbocycles. The van der Waals surface area contributed by atoms with Crippen molar-refractivity contribution in [2.75, 3.05) is 13.1 Å². The third-order valence-electron chi connectivity index (χ3n) is 5.67. The first-order valence-electron chi connectivity index (χ1n) is 10.2. The molecule has 2 aromatic carbocycles. The lowest BCUT2D eigenvalue weighted by Crippen LogP contribution is -2.39. The lowest BCUT2D eigenvalue weighted by Gasteiger charge is -2.32. The van der Waals surface area contributed by atoms with Crippen molar-refractivity contribution >= 4 is 11.8 Å². The first-order valence-corrected chi connectivity index (χ1v) is 10.2. The number of carbonyl (C=O) groups is 2. The molecule has 148 valence electrons. The van der Waals surface area contributed by atoms with Gasteiger partial charge in [-0.3, -0.25) is 9.59 Å². The number of piperidine rings is 1. The smallest absolute Gasteiger partial charge is 0.254 e. The van der Waals surface area contributed by atoms with E-state index in [9.17, 15) is 9.59 Å². The molecular weight excluding hydrogens is 348 g/mol. The highest BCUT2D eigenvalue weighted by atomic mass is 16.2. The molecule has 1 fully saturated rings. The van der Waals surface area contributed by atoms with Crippen LogP contribution in [-0.2, 0) is 11.3 Å². The molecule has 1 aliphatic heterocycles. The number of nitrogens with zero attached hydrogens (tertiary/aromatic N) is 1. The highest BCUT2D eigenvalue weighted by molar-refractivity contribution is 5.95. The van der Waals surface area contributed by atoms with Crippen molar-refractivity contribution in [2.45, 2.75) is 46.1 Å². The van der Waals surface area contributed by atoms with E-state index in [1.54, 1.807) is 0 Å². The molecule has 28 heavy (non-hydrogen) atoms. The molecule has 1 aliphatic rings. The Hall–Kier alpha value is -2.62. The molecule has 1 saturated heterocycles. The van der Waals surface area contributed by atoms with Crippen molar-refractivity contribution < 1.29 is 9.59 Å². The first-order chi connectivity index (χ1) is 13.5. The summed E-state index contributed by atoms with van der Waals surface area (Å²) in [6.07, 6.45) is 3.40. The molecule has 0 atom stereocenters. The standard InChI is InChI=1S/C24H30N2O2/c1-18-7-9-21(10-8-18)17-25-23(27)12-11-20-13-15-26(16-14-20)24(28)22-6-4-3-5-19(22)2/h3-10,20H,11-17H2,1-2H3,(H,25,27). The van der Waals surface area contributed by atoms with Crippen LogP contribution in [0.4, 0.5) is 0 Å². The SMILES string of the molecule is Cc1ccc(CNC(=O)CCC2CCN(C(=O)c3ccccc3C)CC2)cc1. The largest absolute Gasteiger partial charge is 0.352 e. The maximum atomic E-state index is 12.7. The van der Waals surface area contributed by atoms with E-state index in [1.165, 1.54) is 5.56 Å². The maximum Gasteiger partial charge on any atom is 0.254 e. The lowest BCUT2D eigenvalue weighted by molar-refractivity contribution is -0.121. The summed E-state index contributed by atoms with van der Waals surface area (Å²) >= 11 is 0. The van der Waals surface area contributed by atoms with E-state index >= 15 is 0 Å². The molecule has 2 aromatic rings. The number of aryl methyl sites for hydroxylation is 2. The monoisotopic (exact) mass is 378 g/mol. The number of nitrogens with one attached hydrogen (secondary N) is 1. The van der Waals surface area contributed by atoms with Gasteiger partial charge in [0, 0.05) is 31.6 Å². The Labute approximate surface area is 167 Å². The van der Waals surface area contributed by atoms with E-state index in [2.05, 4.69) is 36.5 Å². The minimum atomic E-state index is 0.110. The zero-order valence-corrected chi connectivity index (χ0v) is 16.9. The van der Waals surface area contributed by atoms with E-state index < -0.39 is 0 Å². The van der Waals surface area contributed by atoms with E-state index in [0.29, 0.717) is 18.9 Å². The Morgan fingerprint density at radius 1 is 1.00 bits per heavy atom. The van der Waals surface area contributed by atoms with E-state index in [4.69, 9.17) is 0 Å². The molecule has 2 amide bonds. The van der Waals surface area contributed by atoms with Crippen LogP contribution < -0.4 is 5.32 Å². The molecule has 0 aromatic heterocycles. The maximum absolute atomic E-state index is 12.7. The van der Waals surface area contributed by atoms with Crippen LogP contribution in [0.2, 0.25) is 0 Å². The number of likely N-dealkylation sites (tertiary alicyclic amines) is 1. The van der Waals surface area contributed by atoms with Gasteiger partial charge < -0.3 is 10.2 Å². The van der Waals surface area contributed by atoms with Crippen molar-refractivity contribution in [1.82, 2.24) is 10.2 Å². The summed E-state index contributed by atoms with van der Waals surface area (Å²) < 4.78 is 0. The third-order valence-corrected chi connectivity index (χ3v) is 5.67. The predicted molar refractivity (Wildman–Crippen MR) is 112 cm³/mol. The lowest BCUT2D eigenvalue weighted by atomic mass is 9.91. The van der Waals surface area contributed by atoms with E-state index in [-0.39, 0.29) is 11.8 Å². The van der Waals surface area contributed by atoms with Crippen LogP contribution in [0.25, 0.3) is 0 Å². The summed E-state index contributed by atoms with van der Waals surface area (Å²) in [5, 5.41) is 3.01. The fourth-order valence-corrected chi connectivity index (χ4v) is 3.74. The van der Waals surface area contributed by atoms with Crippen LogP contribution in [0.5, 0.6) is 0 Å². The second-order valence-corrected chi connectivity index (χ2v) is 7.85. The average Bonchev–Trinajstić information content (AvgIpc) is 2.72. The summed E-state index contributed by atoms with van der Waals surface area (Å²) in [4.78, 5) is 26.8. The molecule has 0 spiro atoms. The Kier molecular flexibility index (Phi) is 6.85. The van der Waals surface area contributed by atoms with Gasteiger partial charge in [-0.2, -0.15) is 0 Å². The van der Waals surface area contributed by atoms with Crippen molar-refractivity contribution in [3.05, 3.63) is 70.8 Å². The molecule has 4 heteroatoms. The van der Waals surface area contributed by atoms with Crippen LogP contribution in [-0.4, -0.2) is 29.8 Å². The van der Waals surface area contributed by atoms with Gasteiger partial charge in [-0.1, -0.05) is 48.0 Å². The average molecular weight is 379 g/mol. The third kappa shape index (κ3) is 5.44. The van der Waals surface area contributed by atoms with Crippen LogP contribution in [0, 0.1) is 19.8 Å². The van der Waals surface area contributed by atoms with Gasteiger partial charge in [0.2, 0.25) is 5.91 Å². The van der Waals surface area contributed by atoms with Crippen LogP contribution in [0.3, 0.4) is 0 Å². The van der Waals surface area contributed by atoms with E-state index in [0.717, 1.165) is 49.0 Å². The van der Waals surface area contributed by atoms with Crippen molar-refractivity contribution in [1.29, 1.82) is 0 Å². The fraction of sp³-hybridized carbons (Fsp3) is 0.417. The van der Waals surface area contributed by atoms with Gasteiger partial charge in [-0.25, -0.2) is 0 Å². The van der Waals surface area contributed by atoms with Crippen molar-refractivity contribution in [2.24, 2.45) is 5.92 Å². The summed E-state index contributed by atoms with van der Waals surface area (Å²) in [5.41, 5.74) is 4.18. The molecule has 0 radical (unpaired) electrons. The van der Waals surface area contributed by atoms with Gasteiger partial charge in [0.1, 0.15) is 0 Å².